The molecule has 0 saturated carbocycles. The van der Waals surface area contributed by atoms with E-state index in [0.717, 1.165) is 6.42 Å². The van der Waals surface area contributed by atoms with E-state index in [2.05, 4.69) is 0 Å². The third-order valence-electron chi connectivity index (χ3n) is 1.76. The first-order valence-electron chi connectivity index (χ1n) is 4.73. The van der Waals surface area contributed by atoms with Crippen LogP contribution in [0.1, 0.15) is 33.1 Å². The number of halogens is 1. The fourth-order valence-electron chi connectivity index (χ4n) is 1.05. The number of allylic oxidation sites excluding steroid dienone is 2. The molecule has 0 aliphatic carbocycles. The number of rotatable bonds is 6. The summed E-state index contributed by atoms with van der Waals surface area (Å²) in [6, 6.07) is 0. The Balaban J connectivity index is 3.68. The highest BCUT2D eigenvalue weighted by Gasteiger charge is 2.16. The molecule has 3 atom stereocenters. The Labute approximate surface area is 85.2 Å². The number of hydrogen-bond acceptors (Lipinski definition) is 2. The van der Waals surface area contributed by atoms with E-state index in [-0.39, 0.29) is 5.38 Å². The largest absolute Gasteiger partial charge is 0.393 e. The fraction of sp³-hybridized carbons (Fsp3) is 0.800. The molecule has 0 fully saturated rings. The third-order valence-corrected chi connectivity index (χ3v) is 2.23. The molecule has 0 rings (SSSR count). The van der Waals surface area contributed by atoms with E-state index in [1.807, 2.05) is 19.1 Å². The Bertz CT molecular complexity index is 146. The van der Waals surface area contributed by atoms with Crippen LogP contribution < -0.4 is 0 Å². The van der Waals surface area contributed by atoms with Crippen LogP contribution >= 0.6 is 11.6 Å². The van der Waals surface area contributed by atoms with Crippen molar-refractivity contribution in [2.75, 3.05) is 0 Å². The lowest BCUT2D eigenvalue weighted by Gasteiger charge is -2.16. The van der Waals surface area contributed by atoms with Crippen LogP contribution in [0.15, 0.2) is 12.2 Å². The summed E-state index contributed by atoms with van der Waals surface area (Å²) in [5.74, 6) is 0. The summed E-state index contributed by atoms with van der Waals surface area (Å²) < 4.78 is 0. The van der Waals surface area contributed by atoms with Gasteiger partial charge in [-0.3, -0.25) is 0 Å². The van der Waals surface area contributed by atoms with Gasteiger partial charge in [0.05, 0.1) is 17.6 Å². The molecule has 0 aromatic heterocycles. The van der Waals surface area contributed by atoms with Gasteiger partial charge in [-0.2, -0.15) is 0 Å². The van der Waals surface area contributed by atoms with Gasteiger partial charge in [0.25, 0.3) is 0 Å². The van der Waals surface area contributed by atoms with Gasteiger partial charge in [-0.1, -0.05) is 19.1 Å². The van der Waals surface area contributed by atoms with Crippen LogP contribution in [-0.2, 0) is 0 Å². The van der Waals surface area contributed by atoms with Crippen molar-refractivity contribution in [3.8, 4) is 0 Å². The van der Waals surface area contributed by atoms with E-state index in [9.17, 15) is 5.11 Å². The summed E-state index contributed by atoms with van der Waals surface area (Å²) in [4.78, 5) is 0. The number of aliphatic hydroxyl groups excluding tert-OH is 2. The summed E-state index contributed by atoms with van der Waals surface area (Å²) >= 11 is 5.90. The van der Waals surface area contributed by atoms with Gasteiger partial charge >= 0.3 is 0 Å². The lowest BCUT2D eigenvalue weighted by Crippen LogP contribution is -2.24. The highest BCUT2D eigenvalue weighted by atomic mass is 35.5. The predicted octanol–water partition coefficient (Wildman–Crippen LogP) is 2.08. The van der Waals surface area contributed by atoms with Crippen molar-refractivity contribution in [3.05, 3.63) is 12.2 Å². The molecule has 78 valence electrons. The first-order chi connectivity index (χ1) is 6.07. The molecule has 0 unspecified atom stereocenters. The maximum Gasteiger partial charge on any atom is 0.0731 e. The smallest absolute Gasteiger partial charge is 0.0731 e. The molecular weight excluding hydrogens is 188 g/mol. The van der Waals surface area contributed by atoms with Gasteiger partial charge in [0.15, 0.2) is 0 Å². The Morgan fingerprint density at radius 3 is 2.38 bits per heavy atom. The monoisotopic (exact) mass is 206 g/mol. The molecule has 2 N–H and O–H groups in total. The van der Waals surface area contributed by atoms with Crippen molar-refractivity contribution in [2.24, 2.45) is 0 Å². The van der Waals surface area contributed by atoms with Gasteiger partial charge in [0, 0.05) is 6.42 Å². The maximum atomic E-state index is 9.46. The van der Waals surface area contributed by atoms with Gasteiger partial charge < -0.3 is 10.2 Å². The molecule has 0 spiro atoms. The quantitative estimate of drug-likeness (QED) is 0.516. The molecule has 0 heterocycles. The summed E-state index contributed by atoms with van der Waals surface area (Å²) in [6.45, 7) is 3.70. The second kappa shape index (κ2) is 7.36. The van der Waals surface area contributed by atoms with Crippen molar-refractivity contribution in [2.45, 2.75) is 50.7 Å². The van der Waals surface area contributed by atoms with Crippen molar-refractivity contribution in [1.29, 1.82) is 0 Å². The lowest BCUT2D eigenvalue weighted by atomic mass is 10.1. The standard InChI is InChI=1S/C10H19ClO2/c1-3-4-5-6-9(11)10(13)7-8(2)12/h4-5,8-10,12-13H,3,6-7H2,1-2H3/b5-4-/t8-,9+,10-/m0/s1. The van der Waals surface area contributed by atoms with Crippen LogP contribution in [0.3, 0.4) is 0 Å². The van der Waals surface area contributed by atoms with Crippen LogP contribution in [0.5, 0.6) is 0 Å². The zero-order chi connectivity index (χ0) is 10.3. The zero-order valence-corrected chi connectivity index (χ0v) is 9.04. The minimum absolute atomic E-state index is 0.294. The van der Waals surface area contributed by atoms with E-state index in [4.69, 9.17) is 16.7 Å². The predicted molar refractivity (Wildman–Crippen MR) is 56.0 cm³/mol. The first-order valence-corrected chi connectivity index (χ1v) is 5.16. The molecule has 13 heavy (non-hydrogen) atoms. The van der Waals surface area contributed by atoms with Gasteiger partial charge in [-0.25, -0.2) is 0 Å². The summed E-state index contributed by atoms with van der Waals surface area (Å²) in [5.41, 5.74) is 0. The summed E-state index contributed by atoms with van der Waals surface area (Å²) in [7, 11) is 0. The van der Waals surface area contributed by atoms with E-state index >= 15 is 0 Å². The third kappa shape index (κ3) is 7.05. The van der Waals surface area contributed by atoms with Crippen molar-refractivity contribution in [3.63, 3.8) is 0 Å². The number of aliphatic hydroxyl groups is 2. The second-order valence-corrected chi connectivity index (χ2v) is 3.84. The number of alkyl halides is 1. The highest BCUT2D eigenvalue weighted by Crippen LogP contribution is 2.13. The van der Waals surface area contributed by atoms with Gasteiger partial charge in [0.1, 0.15) is 0 Å². The molecule has 0 aromatic rings. The topological polar surface area (TPSA) is 40.5 Å². The molecule has 0 aliphatic rings. The van der Waals surface area contributed by atoms with Crippen LogP contribution in [0.2, 0.25) is 0 Å². The van der Waals surface area contributed by atoms with Crippen LogP contribution in [0, 0.1) is 0 Å². The van der Waals surface area contributed by atoms with E-state index in [1.165, 1.54) is 0 Å². The number of hydrogen-bond donors (Lipinski definition) is 2. The summed E-state index contributed by atoms with van der Waals surface area (Å²) in [6.07, 6.45) is 4.84. The Kier molecular flexibility index (Phi) is 7.33. The van der Waals surface area contributed by atoms with Crippen molar-refractivity contribution in [1.82, 2.24) is 0 Å². The van der Waals surface area contributed by atoms with E-state index in [1.54, 1.807) is 6.92 Å². The average Bonchev–Trinajstić information content (AvgIpc) is 2.03. The Hall–Kier alpha value is -0.0500. The van der Waals surface area contributed by atoms with Crippen molar-refractivity contribution < 1.29 is 10.2 Å². The van der Waals surface area contributed by atoms with Gasteiger partial charge in [0.2, 0.25) is 0 Å². The molecule has 0 amide bonds. The molecule has 2 nitrogen and oxygen atoms in total. The molecule has 3 heteroatoms. The zero-order valence-electron chi connectivity index (χ0n) is 8.28. The molecule has 0 aromatic carbocycles. The summed E-state index contributed by atoms with van der Waals surface area (Å²) in [5, 5.41) is 18.2. The van der Waals surface area contributed by atoms with Crippen molar-refractivity contribution >= 4 is 11.6 Å². The fourth-order valence-corrected chi connectivity index (χ4v) is 1.25. The van der Waals surface area contributed by atoms with E-state index < -0.39 is 12.2 Å². The molecular formula is C10H19ClO2. The molecule has 0 aliphatic heterocycles. The first kappa shape index (κ1) is 12.9. The average molecular weight is 207 g/mol. The van der Waals surface area contributed by atoms with E-state index in [0.29, 0.717) is 12.8 Å². The minimum atomic E-state index is -0.622. The SMILES string of the molecule is CC/C=C\C[C@@H](Cl)[C@@H](O)C[C@H](C)O. The normalized spacial score (nSPS) is 18.8. The van der Waals surface area contributed by atoms with Crippen LogP contribution in [-0.4, -0.2) is 27.8 Å². The Morgan fingerprint density at radius 1 is 1.31 bits per heavy atom. The second-order valence-electron chi connectivity index (χ2n) is 3.28. The molecule has 0 bridgehead atoms. The van der Waals surface area contributed by atoms with Crippen LogP contribution in [0.25, 0.3) is 0 Å². The lowest BCUT2D eigenvalue weighted by molar-refractivity contribution is 0.0881. The maximum absolute atomic E-state index is 9.46. The highest BCUT2D eigenvalue weighted by molar-refractivity contribution is 6.21. The van der Waals surface area contributed by atoms with Gasteiger partial charge in [-0.15, -0.1) is 11.6 Å². The van der Waals surface area contributed by atoms with Crippen LogP contribution in [0.4, 0.5) is 0 Å². The molecule has 0 radical (unpaired) electrons. The van der Waals surface area contributed by atoms with Gasteiger partial charge in [-0.05, 0) is 19.8 Å². The Morgan fingerprint density at radius 2 is 1.92 bits per heavy atom. The minimum Gasteiger partial charge on any atom is -0.393 e. The molecule has 0 saturated heterocycles.